The van der Waals surface area contributed by atoms with Gasteiger partial charge in [0.25, 0.3) is 0 Å². The van der Waals surface area contributed by atoms with Gasteiger partial charge in [-0.1, -0.05) is 42.4 Å². The number of hydrogen-bond donors (Lipinski definition) is 1. The van der Waals surface area contributed by atoms with Crippen molar-refractivity contribution in [2.45, 2.75) is 38.0 Å². The lowest BCUT2D eigenvalue weighted by atomic mass is 9.98. The first kappa shape index (κ1) is 24.8. The van der Waals surface area contributed by atoms with Crippen LogP contribution in [0.1, 0.15) is 42.3 Å². The molecule has 0 bridgehead atoms. The van der Waals surface area contributed by atoms with Gasteiger partial charge in [0.05, 0.1) is 5.92 Å². The molecule has 1 saturated heterocycles. The fourth-order valence-electron chi connectivity index (χ4n) is 4.15. The molecular formula is C26H28FN3O4S. The highest BCUT2D eigenvalue weighted by molar-refractivity contribution is 7.89. The van der Waals surface area contributed by atoms with Gasteiger partial charge < -0.3 is 9.84 Å². The van der Waals surface area contributed by atoms with Crippen molar-refractivity contribution < 1.29 is 22.1 Å². The highest BCUT2D eigenvalue weighted by Crippen LogP contribution is 2.30. The van der Waals surface area contributed by atoms with Crippen molar-refractivity contribution in [1.29, 1.82) is 0 Å². The van der Waals surface area contributed by atoms with Gasteiger partial charge >= 0.3 is 0 Å². The van der Waals surface area contributed by atoms with Crippen LogP contribution < -0.4 is 5.32 Å². The number of benzene rings is 2. The summed E-state index contributed by atoms with van der Waals surface area (Å²) in [5.41, 5.74) is 2.36. The summed E-state index contributed by atoms with van der Waals surface area (Å²) in [5, 5.41) is 6.73. The number of anilines is 1. The lowest BCUT2D eigenvalue weighted by molar-refractivity contribution is -0.120. The molecule has 1 fully saturated rings. The first-order valence-corrected chi connectivity index (χ1v) is 13.0. The third kappa shape index (κ3) is 5.52. The van der Waals surface area contributed by atoms with E-state index >= 15 is 0 Å². The molecule has 7 nitrogen and oxygen atoms in total. The molecule has 9 heteroatoms. The van der Waals surface area contributed by atoms with Crippen molar-refractivity contribution in [2.75, 3.05) is 18.4 Å². The Labute approximate surface area is 204 Å². The zero-order valence-corrected chi connectivity index (χ0v) is 20.5. The molecule has 1 atom stereocenters. The first-order valence-electron chi connectivity index (χ1n) is 11.6. The summed E-state index contributed by atoms with van der Waals surface area (Å²) in [6.07, 6.45) is 4.90. The molecule has 0 aliphatic carbocycles. The van der Waals surface area contributed by atoms with E-state index in [-0.39, 0.29) is 28.8 Å². The van der Waals surface area contributed by atoms with Gasteiger partial charge in [-0.05, 0) is 62.1 Å². The predicted molar refractivity (Wildman–Crippen MR) is 133 cm³/mol. The molecular weight excluding hydrogens is 469 g/mol. The lowest BCUT2D eigenvalue weighted by Crippen LogP contribution is -2.43. The van der Waals surface area contributed by atoms with Crippen LogP contribution in [0.25, 0.3) is 12.2 Å². The summed E-state index contributed by atoms with van der Waals surface area (Å²) in [4.78, 5) is 12.8. The number of hydrogen-bond acceptors (Lipinski definition) is 5. The van der Waals surface area contributed by atoms with Crippen LogP contribution in [0.2, 0.25) is 0 Å². The average Bonchev–Trinajstić information content (AvgIpc) is 3.25. The van der Waals surface area contributed by atoms with E-state index < -0.39 is 21.8 Å². The molecule has 1 N–H and O–H groups in total. The van der Waals surface area contributed by atoms with Crippen molar-refractivity contribution in [1.82, 2.24) is 9.46 Å². The van der Waals surface area contributed by atoms with Crippen LogP contribution in [0.3, 0.4) is 0 Å². The highest BCUT2D eigenvalue weighted by Gasteiger charge is 2.37. The molecule has 1 aromatic heterocycles. The molecule has 1 amide bonds. The Kier molecular flexibility index (Phi) is 7.47. The fourth-order valence-corrected chi connectivity index (χ4v) is 5.92. The van der Waals surface area contributed by atoms with E-state index in [1.807, 2.05) is 24.3 Å². The van der Waals surface area contributed by atoms with Crippen LogP contribution in [0, 0.1) is 18.7 Å². The summed E-state index contributed by atoms with van der Waals surface area (Å²) >= 11 is 0. The van der Waals surface area contributed by atoms with Gasteiger partial charge in [-0.2, -0.15) is 4.31 Å². The standard InChI is InChI=1S/C26H28FN3O4S/c1-3-19-10-13-22(14-11-19)28-26(31)21-8-6-16-30(17-21)35(32,33)25-18(2)29-34-24(25)15-12-20-7-4-5-9-23(20)27/h4-5,7,9-15,21H,3,6,8,16-17H2,1-2H3,(H,28,31)/b15-12+/t21-/m0/s1. The quantitative estimate of drug-likeness (QED) is 0.502. The summed E-state index contributed by atoms with van der Waals surface area (Å²) in [7, 11) is -3.99. The van der Waals surface area contributed by atoms with Gasteiger partial charge in [0.1, 0.15) is 11.5 Å². The predicted octanol–water partition coefficient (Wildman–Crippen LogP) is 4.89. The summed E-state index contributed by atoms with van der Waals surface area (Å²) in [6, 6.07) is 13.8. The van der Waals surface area contributed by atoms with Gasteiger partial charge in [-0.15, -0.1) is 0 Å². The zero-order valence-electron chi connectivity index (χ0n) is 19.7. The number of rotatable bonds is 7. The average molecular weight is 498 g/mol. The number of nitrogens with zero attached hydrogens (tertiary/aromatic N) is 2. The van der Waals surface area contributed by atoms with E-state index in [2.05, 4.69) is 17.4 Å². The second kappa shape index (κ2) is 10.5. The van der Waals surface area contributed by atoms with Crippen molar-refractivity contribution in [3.05, 3.63) is 76.9 Å². The Balaban J connectivity index is 1.52. The first-order chi connectivity index (χ1) is 16.8. The minimum Gasteiger partial charge on any atom is -0.355 e. The van der Waals surface area contributed by atoms with E-state index in [4.69, 9.17) is 4.52 Å². The Hall–Kier alpha value is -3.30. The Bertz CT molecular complexity index is 1330. The van der Waals surface area contributed by atoms with Crippen molar-refractivity contribution in [3.8, 4) is 0 Å². The molecule has 3 aromatic rings. The number of aromatic nitrogens is 1. The molecule has 0 saturated carbocycles. The SMILES string of the molecule is CCc1ccc(NC(=O)[C@H]2CCCN(S(=O)(=O)c3c(C)noc3/C=C/c3ccccc3F)C2)cc1. The van der Waals surface area contributed by atoms with Crippen LogP contribution in [0.15, 0.2) is 57.9 Å². The number of piperidine rings is 1. The second-order valence-corrected chi connectivity index (χ2v) is 10.4. The van der Waals surface area contributed by atoms with Gasteiger partial charge in [0.2, 0.25) is 15.9 Å². The normalized spacial score (nSPS) is 17.1. The maximum absolute atomic E-state index is 14.0. The maximum atomic E-state index is 14.0. The molecule has 0 radical (unpaired) electrons. The summed E-state index contributed by atoms with van der Waals surface area (Å²) in [5.74, 6) is -1.11. The van der Waals surface area contributed by atoms with Gasteiger partial charge in [0.15, 0.2) is 10.7 Å². The molecule has 0 spiro atoms. The summed E-state index contributed by atoms with van der Waals surface area (Å²) < 4.78 is 47.6. The number of aryl methyl sites for hydroxylation is 2. The third-order valence-corrected chi connectivity index (χ3v) is 8.16. The van der Waals surface area contributed by atoms with Crippen LogP contribution in [-0.2, 0) is 21.2 Å². The molecule has 184 valence electrons. The summed E-state index contributed by atoms with van der Waals surface area (Å²) in [6.45, 7) is 3.95. The molecule has 35 heavy (non-hydrogen) atoms. The number of carbonyl (C=O) groups is 1. The van der Waals surface area contributed by atoms with Crippen molar-refractivity contribution in [3.63, 3.8) is 0 Å². The largest absolute Gasteiger partial charge is 0.355 e. The van der Waals surface area contributed by atoms with Crippen molar-refractivity contribution in [2.24, 2.45) is 5.92 Å². The van der Waals surface area contributed by atoms with E-state index in [0.29, 0.717) is 30.6 Å². The molecule has 4 rings (SSSR count). The second-order valence-electron chi connectivity index (χ2n) is 8.56. The molecule has 0 unspecified atom stereocenters. The van der Waals surface area contributed by atoms with E-state index in [0.717, 1.165) is 6.42 Å². The number of halogens is 1. The van der Waals surface area contributed by atoms with Crippen LogP contribution in [0.4, 0.5) is 10.1 Å². The number of amides is 1. The maximum Gasteiger partial charge on any atom is 0.248 e. The number of nitrogens with one attached hydrogen (secondary N) is 1. The number of sulfonamides is 1. The molecule has 1 aliphatic rings. The van der Waals surface area contributed by atoms with E-state index in [1.165, 1.54) is 28.1 Å². The lowest BCUT2D eigenvalue weighted by Gasteiger charge is -2.31. The molecule has 1 aliphatic heterocycles. The fraction of sp³-hybridized carbons (Fsp3) is 0.308. The minimum absolute atomic E-state index is 0.0216. The zero-order chi connectivity index (χ0) is 25.0. The van der Waals surface area contributed by atoms with Gasteiger partial charge in [-0.3, -0.25) is 4.79 Å². The van der Waals surface area contributed by atoms with Crippen molar-refractivity contribution >= 4 is 33.8 Å². The Morgan fingerprint density at radius 3 is 2.66 bits per heavy atom. The topological polar surface area (TPSA) is 92.5 Å². The van der Waals surface area contributed by atoms with Gasteiger partial charge in [0, 0.05) is 24.3 Å². The smallest absolute Gasteiger partial charge is 0.248 e. The monoisotopic (exact) mass is 497 g/mol. The Morgan fingerprint density at radius 1 is 1.20 bits per heavy atom. The number of carbonyl (C=O) groups excluding carboxylic acids is 1. The van der Waals surface area contributed by atoms with Crippen LogP contribution in [0.5, 0.6) is 0 Å². The van der Waals surface area contributed by atoms with Crippen LogP contribution in [-0.4, -0.2) is 36.9 Å². The third-order valence-electron chi connectivity index (χ3n) is 6.14. The molecule has 2 aromatic carbocycles. The van der Waals surface area contributed by atoms with E-state index in [9.17, 15) is 17.6 Å². The van der Waals surface area contributed by atoms with E-state index in [1.54, 1.807) is 25.1 Å². The van der Waals surface area contributed by atoms with Gasteiger partial charge in [-0.25, -0.2) is 12.8 Å². The molecule has 2 heterocycles. The Morgan fingerprint density at radius 2 is 1.94 bits per heavy atom. The highest BCUT2D eigenvalue weighted by atomic mass is 32.2. The van der Waals surface area contributed by atoms with Crippen LogP contribution >= 0.6 is 0 Å². The minimum atomic E-state index is -3.99.